The van der Waals surface area contributed by atoms with Gasteiger partial charge in [-0.15, -0.1) is 0 Å². The third-order valence-corrected chi connectivity index (χ3v) is 2.85. The first-order valence-corrected chi connectivity index (χ1v) is 6.20. The normalized spacial score (nSPS) is 15.6. The standard InChI is InChI=1S/C14H15N3O2/c1-10-8-12(4-5-15-10)17-13-3-2-11(9-16-13)14-18-6-7-19-14/h2-5,8-9,14H,6-7H2,1H3,(H,15,16,17). The largest absolute Gasteiger partial charge is 0.346 e. The summed E-state index contributed by atoms with van der Waals surface area (Å²) in [6.07, 6.45) is 3.27. The highest BCUT2D eigenvalue weighted by atomic mass is 16.7. The number of nitrogens with one attached hydrogen (secondary N) is 1. The number of hydrogen-bond donors (Lipinski definition) is 1. The lowest BCUT2D eigenvalue weighted by Gasteiger charge is -2.10. The molecule has 0 bridgehead atoms. The lowest BCUT2D eigenvalue weighted by atomic mass is 10.2. The van der Waals surface area contributed by atoms with E-state index >= 15 is 0 Å². The van der Waals surface area contributed by atoms with Crippen molar-refractivity contribution in [2.45, 2.75) is 13.2 Å². The van der Waals surface area contributed by atoms with Gasteiger partial charge in [-0.3, -0.25) is 4.98 Å². The van der Waals surface area contributed by atoms with Crippen LogP contribution in [0.15, 0.2) is 36.7 Å². The number of anilines is 2. The Hall–Kier alpha value is -1.98. The van der Waals surface area contributed by atoms with E-state index in [4.69, 9.17) is 9.47 Å². The highest BCUT2D eigenvalue weighted by molar-refractivity contribution is 5.55. The Labute approximate surface area is 111 Å². The van der Waals surface area contributed by atoms with Crippen LogP contribution in [-0.4, -0.2) is 23.2 Å². The van der Waals surface area contributed by atoms with Crippen LogP contribution in [0.2, 0.25) is 0 Å². The quantitative estimate of drug-likeness (QED) is 0.915. The van der Waals surface area contributed by atoms with Crippen LogP contribution in [0.5, 0.6) is 0 Å². The molecule has 1 aliphatic rings. The molecule has 0 atom stereocenters. The molecule has 98 valence electrons. The van der Waals surface area contributed by atoms with Gasteiger partial charge in [0, 0.05) is 29.3 Å². The van der Waals surface area contributed by atoms with Crippen LogP contribution in [0.25, 0.3) is 0 Å². The molecule has 1 aliphatic heterocycles. The van der Waals surface area contributed by atoms with E-state index in [0.29, 0.717) is 13.2 Å². The number of hydrogen-bond acceptors (Lipinski definition) is 5. The zero-order valence-electron chi connectivity index (χ0n) is 10.7. The van der Waals surface area contributed by atoms with Crippen molar-refractivity contribution in [3.63, 3.8) is 0 Å². The van der Waals surface area contributed by atoms with E-state index in [1.165, 1.54) is 0 Å². The summed E-state index contributed by atoms with van der Waals surface area (Å²) in [6, 6.07) is 7.75. The van der Waals surface area contributed by atoms with Crippen LogP contribution in [-0.2, 0) is 9.47 Å². The molecule has 5 nitrogen and oxygen atoms in total. The van der Waals surface area contributed by atoms with Gasteiger partial charge in [0.25, 0.3) is 0 Å². The fourth-order valence-corrected chi connectivity index (χ4v) is 1.94. The van der Waals surface area contributed by atoms with Crippen molar-refractivity contribution in [3.05, 3.63) is 47.9 Å². The van der Waals surface area contributed by atoms with Gasteiger partial charge in [0.2, 0.25) is 0 Å². The van der Waals surface area contributed by atoms with Gasteiger partial charge in [0.05, 0.1) is 13.2 Å². The Bertz CT molecular complexity index is 551. The molecule has 0 unspecified atom stereocenters. The van der Waals surface area contributed by atoms with Crippen LogP contribution in [0.3, 0.4) is 0 Å². The molecular weight excluding hydrogens is 242 g/mol. The van der Waals surface area contributed by atoms with Crippen molar-refractivity contribution in [1.29, 1.82) is 0 Å². The van der Waals surface area contributed by atoms with Gasteiger partial charge < -0.3 is 14.8 Å². The first kappa shape index (κ1) is 12.1. The maximum Gasteiger partial charge on any atom is 0.185 e. The molecule has 1 saturated heterocycles. The summed E-state index contributed by atoms with van der Waals surface area (Å²) in [5.41, 5.74) is 2.88. The molecule has 5 heteroatoms. The van der Waals surface area contributed by atoms with E-state index in [-0.39, 0.29) is 6.29 Å². The smallest absolute Gasteiger partial charge is 0.185 e. The number of aryl methyl sites for hydroxylation is 1. The van der Waals surface area contributed by atoms with Crippen molar-refractivity contribution in [2.75, 3.05) is 18.5 Å². The van der Waals surface area contributed by atoms with Crippen LogP contribution in [0, 0.1) is 6.92 Å². The predicted molar refractivity (Wildman–Crippen MR) is 71.1 cm³/mol. The van der Waals surface area contributed by atoms with Gasteiger partial charge >= 0.3 is 0 Å². The Kier molecular flexibility index (Phi) is 3.39. The molecule has 0 aliphatic carbocycles. The molecule has 0 aromatic carbocycles. The Morgan fingerprint density at radius 3 is 2.68 bits per heavy atom. The molecule has 0 saturated carbocycles. The maximum absolute atomic E-state index is 5.42. The maximum atomic E-state index is 5.42. The average molecular weight is 257 g/mol. The predicted octanol–water partition coefficient (Wildman–Crippen LogP) is 2.57. The van der Waals surface area contributed by atoms with Crippen LogP contribution in [0.4, 0.5) is 11.5 Å². The molecular formula is C14H15N3O2. The fraction of sp³-hybridized carbons (Fsp3) is 0.286. The summed E-state index contributed by atoms with van der Waals surface area (Å²) < 4.78 is 10.8. The summed E-state index contributed by atoms with van der Waals surface area (Å²) in [7, 11) is 0. The molecule has 3 heterocycles. The molecule has 1 fully saturated rings. The summed E-state index contributed by atoms with van der Waals surface area (Å²) >= 11 is 0. The Balaban J connectivity index is 1.72. The molecule has 0 spiro atoms. The lowest BCUT2D eigenvalue weighted by Crippen LogP contribution is -2.00. The molecule has 1 N–H and O–H groups in total. The van der Waals surface area contributed by atoms with E-state index in [1.54, 1.807) is 12.4 Å². The van der Waals surface area contributed by atoms with E-state index in [0.717, 1.165) is 22.8 Å². The number of ether oxygens (including phenoxy) is 2. The van der Waals surface area contributed by atoms with Crippen molar-refractivity contribution >= 4 is 11.5 Å². The molecule has 3 rings (SSSR count). The van der Waals surface area contributed by atoms with Crippen molar-refractivity contribution < 1.29 is 9.47 Å². The van der Waals surface area contributed by atoms with Crippen LogP contribution in [0.1, 0.15) is 17.5 Å². The van der Waals surface area contributed by atoms with E-state index in [9.17, 15) is 0 Å². The Morgan fingerprint density at radius 1 is 1.16 bits per heavy atom. The van der Waals surface area contributed by atoms with Gasteiger partial charge in [-0.1, -0.05) is 0 Å². The average Bonchev–Trinajstić information content (AvgIpc) is 2.94. The molecule has 2 aromatic heterocycles. The fourth-order valence-electron chi connectivity index (χ4n) is 1.94. The second kappa shape index (κ2) is 5.34. The van der Waals surface area contributed by atoms with Gasteiger partial charge in [-0.2, -0.15) is 0 Å². The van der Waals surface area contributed by atoms with E-state index in [1.807, 2.05) is 31.2 Å². The molecule has 19 heavy (non-hydrogen) atoms. The molecule has 2 aromatic rings. The molecule has 0 radical (unpaired) electrons. The van der Waals surface area contributed by atoms with Gasteiger partial charge in [-0.25, -0.2) is 4.98 Å². The summed E-state index contributed by atoms with van der Waals surface area (Å²) in [5.74, 6) is 0.785. The minimum atomic E-state index is -0.273. The van der Waals surface area contributed by atoms with Crippen LogP contribution < -0.4 is 5.32 Å². The summed E-state index contributed by atoms with van der Waals surface area (Å²) in [6.45, 7) is 3.23. The number of pyridine rings is 2. The van der Waals surface area contributed by atoms with Crippen LogP contribution >= 0.6 is 0 Å². The van der Waals surface area contributed by atoms with E-state index in [2.05, 4.69) is 15.3 Å². The van der Waals surface area contributed by atoms with Gasteiger partial charge in [-0.05, 0) is 31.2 Å². The second-order valence-corrected chi connectivity index (χ2v) is 4.36. The third kappa shape index (κ3) is 2.89. The minimum Gasteiger partial charge on any atom is -0.346 e. The summed E-state index contributed by atoms with van der Waals surface area (Å²) in [4.78, 5) is 8.51. The third-order valence-electron chi connectivity index (χ3n) is 2.85. The number of rotatable bonds is 3. The van der Waals surface area contributed by atoms with Crippen molar-refractivity contribution in [3.8, 4) is 0 Å². The zero-order valence-corrected chi connectivity index (χ0v) is 10.7. The SMILES string of the molecule is Cc1cc(Nc2ccc(C3OCCO3)cn2)ccn1. The lowest BCUT2D eigenvalue weighted by molar-refractivity contribution is -0.0443. The number of aromatic nitrogens is 2. The highest BCUT2D eigenvalue weighted by Crippen LogP contribution is 2.23. The zero-order chi connectivity index (χ0) is 13.1. The summed E-state index contributed by atoms with van der Waals surface area (Å²) in [5, 5.41) is 3.23. The monoisotopic (exact) mass is 257 g/mol. The van der Waals surface area contributed by atoms with E-state index < -0.39 is 0 Å². The first-order chi connectivity index (χ1) is 9.31. The molecule has 0 amide bonds. The van der Waals surface area contributed by atoms with Gasteiger partial charge in [0.1, 0.15) is 5.82 Å². The van der Waals surface area contributed by atoms with Gasteiger partial charge in [0.15, 0.2) is 6.29 Å². The minimum absolute atomic E-state index is 0.273. The van der Waals surface area contributed by atoms with Crippen molar-refractivity contribution in [2.24, 2.45) is 0 Å². The number of nitrogens with zero attached hydrogens (tertiary/aromatic N) is 2. The second-order valence-electron chi connectivity index (χ2n) is 4.36. The topological polar surface area (TPSA) is 56.3 Å². The van der Waals surface area contributed by atoms with Crippen molar-refractivity contribution in [1.82, 2.24) is 9.97 Å². The Morgan fingerprint density at radius 2 is 2.00 bits per heavy atom. The highest BCUT2D eigenvalue weighted by Gasteiger charge is 2.18. The first-order valence-electron chi connectivity index (χ1n) is 6.20.